The van der Waals surface area contributed by atoms with Crippen LogP contribution >= 0.6 is 0 Å². The van der Waals surface area contributed by atoms with Gasteiger partial charge in [-0.05, 0) is 164 Å². The molecule has 0 saturated carbocycles. The number of esters is 2. The topological polar surface area (TPSA) is 74.3 Å². The minimum absolute atomic E-state index is 0.287. The Bertz CT molecular complexity index is 2600. The number of ether oxygens (including phenoxy) is 4. The molecule has 0 atom stereocenters. The molecule has 7 nitrogen and oxygen atoms in total. The van der Waals surface area contributed by atoms with Crippen molar-refractivity contribution in [2.75, 3.05) is 19.1 Å². The number of aryl methyl sites for hydroxylation is 6. The van der Waals surface area contributed by atoms with Crippen LogP contribution < -0.4 is 23.8 Å². The Labute approximate surface area is 372 Å². The second-order valence-electron chi connectivity index (χ2n) is 15.5. The van der Waals surface area contributed by atoms with Crippen molar-refractivity contribution in [3.8, 4) is 23.0 Å². The molecular formula is C56H55NO6. The zero-order chi connectivity index (χ0) is 44.9. The molecule has 0 heterocycles. The number of methoxy groups -OCH3 is 2. The van der Waals surface area contributed by atoms with Crippen molar-refractivity contribution in [1.29, 1.82) is 0 Å². The van der Waals surface area contributed by atoms with Gasteiger partial charge in [0.25, 0.3) is 0 Å². The van der Waals surface area contributed by atoms with Crippen LogP contribution in [-0.4, -0.2) is 26.2 Å². The SMILES string of the molecule is COc1ccc(C(=Cc2ccc(N(c3ccc(C)cc3)c3ccc(C)cc3)cc2)c2ccc(OC(C)=O)cc2)cc1.COc1ccc(CCc2ccc(OC(C)=O)c(C)c2)cc1C. The Morgan fingerprint density at radius 3 is 1.32 bits per heavy atom. The zero-order valence-corrected chi connectivity index (χ0v) is 37.4. The van der Waals surface area contributed by atoms with Gasteiger partial charge in [-0.15, -0.1) is 0 Å². The third kappa shape index (κ3) is 12.6. The molecule has 7 aromatic carbocycles. The molecule has 0 aliphatic carbocycles. The largest absolute Gasteiger partial charge is 0.497 e. The van der Waals surface area contributed by atoms with E-state index in [-0.39, 0.29) is 11.9 Å². The van der Waals surface area contributed by atoms with Crippen molar-refractivity contribution in [3.63, 3.8) is 0 Å². The first-order chi connectivity index (χ1) is 30.4. The molecule has 0 aromatic heterocycles. The van der Waals surface area contributed by atoms with E-state index in [1.165, 1.54) is 36.1 Å². The summed E-state index contributed by atoms with van der Waals surface area (Å²) in [4.78, 5) is 24.7. The highest BCUT2D eigenvalue weighted by Crippen LogP contribution is 2.36. The maximum atomic E-state index is 11.4. The predicted molar refractivity (Wildman–Crippen MR) is 256 cm³/mol. The summed E-state index contributed by atoms with van der Waals surface area (Å²) >= 11 is 0. The van der Waals surface area contributed by atoms with Gasteiger partial charge in [-0.3, -0.25) is 9.59 Å². The molecule has 0 fully saturated rings. The van der Waals surface area contributed by atoms with E-state index in [2.05, 4.69) is 135 Å². The van der Waals surface area contributed by atoms with E-state index < -0.39 is 0 Å². The molecule has 0 spiro atoms. The number of carbonyl (C=O) groups is 2. The highest BCUT2D eigenvalue weighted by Gasteiger charge is 2.14. The van der Waals surface area contributed by atoms with E-state index in [1.54, 1.807) is 14.2 Å². The van der Waals surface area contributed by atoms with E-state index in [0.717, 1.165) is 74.8 Å². The second-order valence-corrected chi connectivity index (χ2v) is 15.5. The van der Waals surface area contributed by atoms with Crippen molar-refractivity contribution in [3.05, 3.63) is 208 Å². The van der Waals surface area contributed by atoms with Crippen LogP contribution in [0.5, 0.6) is 23.0 Å². The third-order valence-electron chi connectivity index (χ3n) is 10.5. The maximum Gasteiger partial charge on any atom is 0.308 e. The molecule has 0 unspecified atom stereocenters. The lowest BCUT2D eigenvalue weighted by molar-refractivity contribution is -0.132. The van der Waals surface area contributed by atoms with E-state index in [0.29, 0.717) is 11.5 Å². The number of anilines is 3. The first-order valence-electron chi connectivity index (χ1n) is 21.0. The molecule has 0 bridgehead atoms. The average molecular weight is 838 g/mol. The molecule has 0 aliphatic rings. The average Bonchev–Trinajstić information content (AvgIpc) is 3.28. The van der Waals surface area contributed by atoms with E-state index >= 15 is 0 Å². The van der Waals surface area contributed by atoms with Crippen LogP contribution in [0.15, 0.2) is 158 Å². The minimum Gasteiger partial charge on any atom is -0.497 e. The molecule has 7 heteroatoms. The fourth-order valence-corrected chi connectivity index (χ4v) is 7.21. The van der Waals surface area contributed by atoms with Crippen LogP contribution in [0.3, 0.4) is 0 Å². The van der Waals surface area contributed by atoms with Gasteiger partial charge < -0.3 is 23.8 Å². The summed E-state index contributed by atoms with van der Waals surface area (Å²) in [6.07, 6.45) is 4.10. The monoisotopic (exact) mass is 837 g/mol. The Morgan fingerprint density at radius 1 is 0.476 bits per heavy atom. The summed E-state index contributed by atoms with van der Waals surface area (Å²) < 4.78 is 21.1. The lowest BCUT2D eigenvalue weighted by Crippen LogP contribution is -2.09. The van der Waals surface area contributed by atoms with Gasteiger partial charge in [-0.2, -0.15) is 0 Å². The third-order valence-corrected chi connectivity index (χ3v) is 10.5. The van der Waals surface area contributed by atoms with Crippen molar-refractivity contribution in [1.82, 2.24) is 0 Å². The molecule has 7 rings (SSSR count). The van der Waals surface area contributed by atoms with Crippen molar-refractivity contribution >= 4 is 40.6 Å². The van der Waals surface area contributed by atoms with Gasteiger partial charge in [0.15, 0.2) is 0 Å². The minimum atomic E-state index is -0.339. The molecule has 7 aromatic rings. The summed E-state index contributed by atoms with van der Waals surface area (Å²) in [5.74, 6) is 2.25. The number of carbonyl (C=O) groups excluding carboxylic acids is 2. The normalized spacial score (nSPS) is 10.9. The fraction of sp³-hybridized carbons (Fsp3) is 0.179. The molecular weight excluding hydrogens is 783 g/mol. The second kappa shape index (κ2) is 21.4. The lowest BCUT2D eigenvalue weighted by atomic mass is 9.95. The molecule has 0 radical (unpaired) electrons. The molecule has 0 amide bonds. The number of rotatable bonds is 13. The fourth-order valence-electron chi connectivity index (χ4n) is 7.21. The van der Waals surface area contributed by atoms with Crippen LogP contribution in [0.2, 0.25) is 0 Å². The number of hydrogen-bond acceptors (Lipinski definition) is 7. The van der Waals surface area contributed by atoms with Crippen molar-refractivity contribution in [2.45, 2.75) is 54.4 Å². The Hall–Kier alpha value is -7.38. The quantitative estimate of drug-likeness (QED) is 0.0650. The lowest BCUT2D eigenvalue weighted by Gasteiger charge is -2.26. The van der Waals surface area contributed by atoms with Gasteiger partial charge in [0.1, 0.15) is 23.0 Å². The molecule has 0 saturated heterocycles. The first kappa shape index (κ1) is 45.2. The van der Waals surface area contributed by atoms with Crippen LogP contribution in [0, 0.1) is 27.7 Å². The number of nitrogens with zero attached hydrogens (tertiary/aromatic N) is 1. The summed E-state index contributed by atoms with van der Waals surface area (Å²) in [7, 11) is 3.35. The Morgan fingerprint density at radius 2 is 0.905 bits per heavy atom. The number of benzene rings is 7. The predicted octanol–water partition coefficient (Wildman–Crippen LogP) is 13.3. The molecule has 63 heavy (non-hydrogen) atoms. The zero-order valence-electron chi connectivity index (χ0n) is 37.4. The highest BCUT2D eigenvalue weighted by atomic mass is 16.5. The van der Waals surface area contributed by atoms with E-state index in [4.69, 9.17) is 18.9 Å². The standard InChI is InChI=1S/C37H33NO3.C19H22O3/c1-26-5-15-32(16-6-26)38(33-17-7-27(2)8-18-33)34-19-9-29(10-20-34)25-37(30-11-21-35(40-4)22-12-30)31-13-23-36(24-14-31)41-28(3)39;1-13-11-16(7-9-18(13)21-4)5-6-17-8-10-19(14(2)12-17)22-15(3)20/h5-25H,1-4H3;7-12H,5-6H2,1-4H3. The van der Waals surface area contributed by atoms with E-state index in [1.807, 2.05) is 61.5 Å². The summed E-state index contributed by atoms with van der Waals surface area (Å²) in [6, 6.07) is 53.6. The summed E-state index contributed by atoms with van der Waals surface area (Å²) in [6.45, 7) is 11.0. The van der Waals surface area contributed by atoms with Crippen LogP contribution in [0.4, 0.5) is 17.1 Å². The Balaban J connectivity index is 0.000000253. The van der Waals surface area contributed by atoms with Gasteiger partial charge in [0.2, 0.25) is 0 Å². The van der Waals surface area contributed by atoms with Gasteiger partial charge >= 0.3 is 11.9 Å². The summed E-state index contributed by atoms with van der Waals surface area (Å²) in [5.41, 5.74) is 14.6. The van der Waals surface area contributed by atoms with Crippen molar-refractivity contribution in [2.24, 2.45) is 0 Å². The smallest absolute Gasteiger partial charge is 0.308 e. The van der Waals surface area contributed by atoms with Crippen LogP contribution in [-0.2, 0) is 22.4 Å². The van der Waals surface area contributed by atoms with Crippen LogP contribution in [0.25, 0.3) is 11.6 Å². The first-order valence-corrected chi connectivity index (χ1v) is 21.0. The highest BCUT2D eigenvalue weighted by molar-refractivity contribution is 5.92. The molecule has 0 N–H and O–H groups in total. The Kier molecular flexibility index (Phi) is 15.4. The van der Waals surface area contributed by atoms with Gasteiger partial charge in [0.05, 0.1) is 14.2 Å². The molecule has 0 aliphatic heterocycles. The van der Waals surface area contributed by atoms with Gasteiger partial charge in [-0.25, -0.2) is 0 Å². The van der Waals surface area contributed by atoms with E-state index in [9.17, 15) is 9.59 Å². The summed E-state index contributed by atoms with van der Waals surface area (Å²) in [5, 5.41) is 0. The van der Waals surface area contributed by atoms with Crippen molar-refractivity contribution < 1.29 is 28.5 Å². The van der Waals surface area contributed by atoms with Gasteiger partial charge in [0, 0.05) is 30.9 Å². The van der Waals surface area contributed by atoms with Gasteiger partial charge in [-0.1, -0.05) is 96.1 Å². The maximum absolute atomic E-state index is 11.4. The molecule has 320 valence electrons. The van der Waals surface area contributed by atoms with Crippen LogP contribution in [0.1, 0.15) is 63.9 Å². The number of hydrogen-bond donors (Lipinski definition) is 0.